The largest absolute Gasteiger partial charge is 0.497 e. The van der Waals surface area contributed by atoms with Gasteiger partial charge in [0.05, 0.1) is 13.2 Å². The van der Waals surface area contributed by atoms with E-state index < -0.39 is 14.1 Å². The summed E-state index contributed by atoms with van der Waals surface area (Å²) in [6, 6.07) is 10.1. The Kier molecular flexibility index (Phi) is 7.73. The fraction of sp³-hybridized carbons (Fsp3) is 0.652. The summed E-state index contributed by atoms with van der Waals surface area (Å²) in [6.07, 6.45) is -0.225. The normalized spacial score (nSPS) is 20.7. The van der Waals surface area contributed by atoms with E-state index in [0.717, 1.165) is 0 Å². The van der Waals surface area contributed by atoms with Crippen LogP contribution in [0.25, 0.3) is 0 Å². The smallest absolute Gasteiger partial charge is 0.220 e. The van der Waals surface area contributed by atoms with Crippen LogP contribution in [0.4, 0.5) is 0 Å². The summed E-state index contributed by atoms with van der Waals surface area (Å²) < 4.78 is 24.8. The molecule has 1 fully saturated rings. The van der Waals surface area contributed by atoms with E-state index in [0.29, 0.717) is 25.5 Å². The zero-order valence-electron chi connectivity index (χ0n) is 19.5. The van der Waals surface area contributed by atoms with Crippen molar-refractivity contribution in [3.05, 3.63) is 48.2 Å². The third kappa shape index (κ3) is 6.40. The lowest BCUT2D eigenvalue weighted by Crippen LogP contribution is -2.54. The van der Waals surface area contributed by atoms with E-state index in [1.807, 2.05) is 44.0 Å². The maximum Gasteiger partial charge on any atom is 0.220 e. The molecule has 0 amide bonds. The Labute approximate surface area is 178 Å². The summed E-state index contributed by atoms with van der Waals surface area (Å²) in [5, 5.41) is 2.09. The van der Waals surface area contributed by atoms with Gasteiger partial charge in [0, 0.05) is 6.54 Å². The lowest BCUT2D eigenvalue weighted by Gasteiger charge is -2.44. The third-order valence-corrected chi connectivity index (χ3v) is 9.99. The molecule has 2 atom stereocenters. The van der Waals surface area contributed by atoms with Crippen molar-refractivity contribution >= 4 is 8.32 Å². The van der Waals surface area contributed by atoms with Crippen LogP contribution >= 0.6 is 0 Å². The lowest BCUT2D eigenvalue weighted by molar-refractivity contribution is -0.179. The van der Waals surface area contributed by atoms with Crippen molar-refractivity contribution < 1.29 is 18.7 Å². The van der Waals surface area contributed by atoms with E-state index >= 15 is 0 Å². The minimum absolute atomic E-state index is 0.0612. The SMILES string of the molecule is C=C(OCC)[C@@H]([C@H]1COC(C)(C)O1)N(Cc1ccccc1)O[Si](C)(C)C(C)(C)C. The van der Waals surface area contributed by atoms with Crippen molar-refractivity contribution in [3.8, 4) is 0 Å². The van der Waals surface area contributed by atoms with Gasteiger partial charge in [-0.25, -0.2) is 0 Å². The molecule has 1 aromatic carbocycles. The van der Waals surface area contributed by atoms with E-state index in [2.05, 4.69) is 52.6 Å². The van der Waals surface area contributed by atoms with Crippen molar-refractivity contribution in [1.29, 1.82) is 0 Å². The van der Waals surface area contributed by atoms with Crippen LogP contribution in [-0.2, 0) is 25.3 Å². The van der Waals surface area contributed by atoms with Gasteiger partial charge in [0.25, 0.3) is 0 Å². The maximum atomic E-state index is 6.81. The van der Waals surface area contributed by atoms with E-state index in [1.54, 1.807) is 0 Å². The molecule has 0 spiro atoms. The summed E-state index contributed by atoms with van der Waals surface area (Å²) in [6.45, 7) is 22.9. The van der Waals surface area contributed by atoms with Crippen molar-refractivity contribution in [1.82, 2.24) is 5.06 Å². The second-order valence-corrected chi connectivity index (χ2v) is 14.3. The molecule has 1 aliphatic heterocycles. The first-order valence-electron chi connectivity index (χ1n) is 10.5. The number of hydroxylamine groups is 2. The van der Waals surface area contributed by atoms with Gasteiger partial charge in [-0.05, 0) is 44.5 Å². The first kappa shape index (κ1) is 24.1. The highest BCUT2D eigenvalue weighted by molar-refractivity contribution is 6.74. The summed E-state index contributed by atoms with van der Waals surface area (Å²) >= 11 is 0. The standard InChI is InChI=1S/C23H39NO4Si/c1-10-25-18(2)21(20-17-26-23(6,7)27-20)24(16-19-14-12-11-13-15-19)28-29(8,9)22(3,4)5/h11-15,20-21H,2,10,16-17H2,1,3-9H3/t20-,21+/m1/s1. The molecule has 29 heavy (non-hydrogen) atoms. The average molecular weight is 422 g/mol. The van der Waals surface area contributed by atoms with Crippen LogP contribution in [0.5, 0.6) is 0 Å². The van der Waals surface area contributed by atoms with Crippen LogP contribution in [0.2, 0.25) is 18.1 Å². The van der Waals surface area contributed by atoms with Crippen LogP contribution in [0.3, 0.4) is 0 Å². The Balaban J connectivity index is 2.40. The molecule has 0 N–H and O–H groups in total. The van der Waals surface area contributed by atoms with Gasteiger partial charge in [0.1, 0.15) is 17.9 Å². The molecule has 0 aromatic heterocycles. The van der Waals surface area contributed by atoms with Gasteiger partial charge >= 0.3 is 0 Å². The van der Waals surface area contributed by atoms with Crippen molar-refractivity contribution in [2.24, 2.45) is 0 Å². The summed E-state index contributed by atoms with van der Waals surface area (Å²) in [5.74, 6) is 0.0126. The van der Waals surface area contributed by atoms with Crippen molar-refractivity contribution in [2.75, 3.05) is 13.2 Å². The molecule has 164 valence electrons. The summed E-state index contributed by atoms with van der Waals surface area (Å²) in [4.78, 5) is 0. The van der Waals surface area contributed by atoms with Crippen LogP contribution < -0.4 is 0 Å². The van der Waals surface area contributed by atoms with Crippen molar-refractivity contribution in [3.63, 3.8) is 0 Å². The topological polar surface area (TPSA) is 40.2 Å². The fourth-order valence-corrected chi connectivity index (χ4v) is 4.11. The molecule has 2 rings (SSSR count). The van der Waals surface area contributed by atoms with E-state index in [-0.39, 0.29) is 17.2 Å². The van der Waals surface area contributed by atoms with Crippen LogP contribution in [0.1, 0.15) is 47.1 Å². The Morgan fingerprint density at radius 3 is 2.38 bits per heavy atom. The van der Waals surface area contributed by atoms with Crippen LogP contribution in [0, 0.1) is 0 Å². The molecule has 1 saturated heterocycles. The molecule has 6 heteroatoms. The first-order valence-corrected chi connectivity index (χ1v) is 13.4. The molecular formula is C23H39NO4Si. The number of hydrogen-bond acceptors (Lipinski definition) is 5. The molecule has 0 unspecified atom stereocenters. The maximum absolute atomic E-state index is 6.81. The molecule has 0 saturated carbocycles. The highest BCUT2D eigenvalue weighted by atomic mass is 28.4. The molecule has 0 aliphatic carbocycles. The number of ether oxygens (including phenoxy) is 3. The Hall–Kier alpha value is -1.18. The quantitative estimate of drug-likeness (QED) is 0.299. The van der Waals surface area contributed by atoms with Gasteiger partial charge in [-0.1, -0.05) is 57.7 Å². The summed E-state index contributed by atoms with van der Waals surface area (Å²) in [5.41, 5.74) is 1.17. The van der Waals surface area contributed by atoms with Crippen LogP contribution in [0.15, 0.2) is 42.7 Å². The second kappa shape index (κ2) is 9.31. The van der Waals surface area contributed by atoms with E-state index in [4.69, 9.17) is 18.7 Å². The molecule has 0 bridgehead atoms. The van der Waals surface area contributed by atoms with Gasteiger partial charge in [-0.2, -0.15) is 5.06 Å². The molecule has 0 radical (unpaired) electrons. The van der Waals surface area contributed by atoms with Gasteiger partial charge in [0.15, 0.2) is 5.79 Å². The van der Waals surface area contributed by atoms with E-state index in [9.17, 15) is 0 Å². The predicted octanol–water partition coefficient (Wildman–Crippen LogP) is 5.50. The highest BCUT2D eigenvalue weighted by Gasteiger charge is 2.46. The second-order valence-electron chi connectivity index (χ2n) is 9.62. The Morgan fingerprint density at radius 2 is 1.90 bits per heavy atom. The molecule has 1 heterocycles. The molecule has 1 aliphatic rings. The Bertz CT molecular complexity index is 669. The zero-order valence-corrected chi connectivity index (χ0v) is 20.5. The number of rotatable bonds is 9. The summed E-state index contributed by atoms with van der Waals surface area (Å²) in [7, 11) is -2.11. The van der Waals surface area contributed by atoms with Gasteiger partial charge < -0.3 is 18.7 Å². The van der Waals surface area contributed by atoms with Gasteiger partial charge in [-0.3, -0.25) is 0 Å². The van der Waals surface area contributed by atoms with Crippen molar-refractivity contribution in [2.45, 2.75) is 84.2 Å². The fourth-order valence-electron chi connectivity index (χ4n) is 3.08. The van der Waals surface area contributed by atoms with Gasteiger partial charge in [-0.15, -0.1) is 0 Å². The first-order chi connectivity index (χ1) is 13.4. The lowest BCUT2D eigenvalue weighted by atomic mass is 10.1. The Morgan fingerprint density at radius 1 is 1.28 bits per heavy atom. The average Bonchev–Trinajstić information content (AvgIpc) is 2.94. The van der Waals surface area contributed by atoms with Crippen LogP contribution in [-0.4, -0.2) is 44.5 Å². The third-order valence-electron chi connectivity index (χ3n) is 5.69. The van der Waals surface area contributed by atoms with E-state index in [1.165, 1.54) is 5.56 Å². The monoisotopic (exact) mass is 421 g/mol. The number of hydrogen-bond donors (Lipinski definition) is 0. The molecule has 1 aromatic rings. The minimum atomic E-state index is -2.11. The minimum Gasteiger partial charge on any atom is -0.497 e. The zero-order chi connectivity index (χ0) is 21.9. The molecular weight excluding hydrogens is 382 g/mol. The van der Waals surface area contributed by atoms with Gasteiger partial charge in [0.2, 0.25) is 8.32 Å². The number of nitrogens with zero attached hydrogens (tertiary/aromatic N) is 1. The highest BCUT2D eigenvalue weighted by Crippen LogP contribution is 2.39. The molecule has 5 nitrogen and oxygen atoms in total. The predicted molar refractivity (Wildman–Crippen MR) is 120 cm³/mol. The number of benzene rings is 1.